The Kier molecular flexibility index (Phi) is 12.4. The number of sulfonamides is 1. The molecule has 8 nitrogen and oxygen atoms in total. The van der Waals surface area contributed by atoms with Crippen LogP contribution in [0.15, 0.2) is 24.3 Å². The van der Waals surface area contributed by atoms with Gasteiger partial charge in [-0.05, 0) is 71.1 Å². The van der Waals surface area contributed by atoms with Gasteiger partial charge in [0, 0.05) is 6.42 Å². The lowest BCUT2D eigenvalue weighted by atomic mass is 10.1. The van der Waals surface area contributed by atoms with Crippen LogP contribution in [-0.2, 0) is 35.5 Å². The highest BCUT2D eigenvalue weighted by Gasteiger charge is 2.29. The zero-order chi connectivity index (χ0) is 24.9. The van der Waals surface area contributed by atoms with Gasteiger partial charge in [0.1, 0.15) is 17.4 Å². The number of ether oxygens (including phenoxy) is 3. The fraction of sp³-hybridized carbons (Fsp3) is 0.667. The largest absolute Gasteiger partial charge is 0.494 e. The van der Waals surface area contributed by atoms with E-state index in [4.69, 9.17) is 14.2 Å². The smallest absolute Gasteiger partial charge is 0.325 e. The van der Waals surface area contributed by atoms with Gasteiger partial charge in [-0.25, -0.2) is 13.1 Å². The molecule has 0 unspecified atom stereocenters. The monoisotopic (exact) mass is 485 g/mol. The molecular formula is C24H39NO7S. The van der Waals surface area contributed by atoms with Gasteiger partial charge in [0.05, 0.1) is 19.0 Å². The van der Waals surface area contributed by atoms with Gasteiger partial charge in [-0.15, -0.1) is 0 Å². The summed E-state index contributed by atoms with van der Waals surface area (Å²) in [5.41, 5.74) is 0.0496. The van der Waals surface area contributed by atoms with Crippen LogP contribution in [-0.4, -0.2) is 51.0 Å². The zero-order valence-corrected chi connectivity index (χ0v) is 21.3. The number of rotatable bonds is 15. The summed E-state index contributed by atoms with van der Waals surface area (Å²) in [7, 11) is -3.61. The van der Waals surface area contributed by atoms with Gasteiger partial charge >= 0.3 is 11.9 Å². The first-order valence-corrected chi connectivity index (χ1v) is 13.2. The van der Waals surface area contributed by atoms with Gasteiger partial charge in [-0.3, -0.25) is 9.59 Å². The molecule has 0 heterocycles. The average Bonchev–Trinajstić information content (AvgIpc) is 2.71. The van der Waals surface area contributed by atoms with E-state index in [1.54, 1.807) is 52.0 Å². The third kappa shape index (κ3) is 13.2. The van der Waals surface area contributed by atoms with Gasteiger partial charge in [0.15, 0.2) is 0 Å². The van der Waals surface area contributed by atoms with Crippen molar-refractivity contribution < 1.29 is 32.2 Å². The third-order valence-corrected chi connectivity index (χ3v) is 5.96. The summed E-state index contributed by atoms with van der Waals surface area (Å²) in [4.78, 5) is 24.0. The van der Waals surface area contributed by atoms with Gasteiger partial charge in [-0.1, -0.05) is 25.5 Å². The number of nitrogens with one attached hydrogen (secondary N) is 1. The lowest BCUT2D eigenvalue weighted by Crippen LogP contribution is -2.46. The Morgan fingerprint density at radius 1 is 1.03 bits per heavy atom. The molecule has 188 valence electrons. The highest BCUT2D eigenvalue weighted by atomic mass is 32.2. The Morgan fingerprint density at radius 2 is 1.70 bits per heavy atom. The van der Waals surface area contributed by atoms with E-state index < -0.39 is 27.6 Å². The van der Waals surface area contributed by atoms with E-state index in [9.17, 15) is 18.0 Å². The van der Waals surface area contributed by atoms with E-state index in [0.717, 1.165) is 18.4 Å². The molecule has 33 heavy (non-hydrogen) atoms. The molecule has 0 saturated carbocycles. The van der Waals surface area contributed by atoms with Gasteiger partial charge in [-0.2, -0.15) is 0 Å². The van der Waals surface area contributed by atoms with E-state index >= 15 is 0 Å². The van der Waals surface area contributed by atoms with Crippen LogP contribution in [0.1, 0.15) is 72.3 Å². The van der Waals surface area contributed by atoms with Crippen molar-refractivity contribution in [3.63, 3.8) is 0 Å². The number of hydrogen-bond donors (Lipinski definition) is 1. The maximum absolute atomic E-state index is 12.7. The standard InChI is InChI=1S/C24H39NO7S/c1-6-8-17-33(28,29)25-21(23(27)32-24(3,4)5)18-19-12-14-20(15-13-19)31-16-10-9-11-22(26)30-7-2/h12-15,21,25H,6-11,16-18H2,1-5H3/t21-/m0/s1. The lowest BCUT2D eigenvalue weighted by Gasteiger charge is -2.24. The normalized spacial score (nSPS) is 12.8. The summed E-state index contributed by atoms with van der Waals surface area (Å²) in [6.07, 6.45) is 3.20. The summed E-state index contributed by atoms with van der Waals surface area (Å²) >= 11 is 0. The van der Waals surface area contributed by atoms with E-state index in [1.807, 2.05) is 6.92 Å². The summed E-state index contributed by atoms with van der Waals surface area (Å²) in [5.74, 6) is -0.186. The molecule has 0 amide bonds. The van der Waals surface area contributed by atoms with Gasteiger partial charge in [0.2, 0.25) is 10.0 Å². The minimum Gasteiger partial charge on any atom is -0.494 e. The second-order valence-corrected chi connectivity index (χ2v) is 10.7. The molecule has 0 aliphatic rings. The molecule has 0 saturated heterocycles. The van der Waals surface area contributed by atoms with Gasteiger partial charge in [0.25, 0.3) is 0 Å². The maximum atomic E-state index is 12.7. The first kappa shape index (κ1) is 28.9. The highest BCUT2D eigenvalue weighted by molar-refractivity contribution is 7.89. The minimum absolute atomic E-state index is 0.0360. The van der Waals surface area contributed by atoms with Crippen LogP contribution in [0.3, 0.4) is 0 Å². The zero-order valence-electron chi connectivity index (χ0n) is 20.5. The van der Waals surface area contributed by atoms with E-state index in [0.29, 0.717) is 38.2 Å². The molecule has 1 aromatic carbocycles. The first-order valence-electron chi connectivity index (χ1n) is 11.6. The van der Waals surface area contributed by atoms with Crippen LogP contribution >= 0.6 is 0 Å². The summed E-state index contributed by atoms with van der Waals surface area (Å²) < 4.78 is 43.3. The average molecular weight is 486 g/mol. The molecular weight excluding hydrogens is 446 g/mol. The Morgan fingerprint density at radius 3 is 2.27 bits per heavy atom. The lowest BCUT2D eigenvalue weighted by molar-refractivity contribution is -0.157. The molecule has 9 heteroatoms. The number of benzene rings is 1. The Labute approximate surface area is 198 Å². The number of esters is 2. The second-order valence-electron chi connectivity index (χ2n) is 8.83. The summed E-state index contributed by atoms with van der Waals surface area (Å²) in [6.45, 7) is 9.77. The van der Waals surface area contributed by atoms with Crippen LogP contribution in [0.25, 0.3) is 0 Å². The van der Waals surface area contributed by atoms with Crippen molar-refractivity contribution >= 4 is 22.0 Å². The topological polar surface area (TPSA) is 108 Å². The number of carbonyl (C=O) groups is 2. The first-order chi connectivity index (χ1) is 15.5. The second kappa shape index (κ2) is 14.2. The van der Waals surface area contributed by atoms with Crippen molar-refractivity contribution in [2.75, 3.05) is 19.0 Å². The van der Waals surface area contributed by atoms with Crippen molar-refractivity contribution in [2.24, 2.45) is 0 Å². The van der Waals surface area contributed by atoms with E-state index in [2.05, 4.69) is 4.72 Å². The summed E-state index contributed by atoms with van der Waals surface area (Å²) in [6, 6.07) is 6.13. The molecule has 1 rings (SSSR count). The number of unbranched alkanes of at least 4 members (excludes halogenated alkanes) is 2. The fourth-order valence-corrected chi connectivity index (χ4v) is 4.31. The van der Waals surface area contributed by atoms with Crippen LogP contribution in [0.4, 0.5) is 0 Å². The van der Waals surface area contributed by atoms with Crippen molar-refractivity contribution in [2.45, 2.75) is 84.8 Å². The SMILES string of the molecule is CCCCS(=O)(=O)N[C@@H](Cc1ccc(OCCCCC(=O)OCC)cc1)C(=O)OC(C)(C)C. The Balaban J connectivity index is 2.69. The van der Waals surface area contributed by atoms with Crippen molar-refractivity contribution in [1.82, 2.24) is 4.72 Å². The van der Waals surface area contributed by atoms with Gasteiger partial charge < -0.3 is 14.2 Å². The van der Waals surface area contributed by atoms with Crippen molar-refractivity contribution in [3.05, 3.63) is 29.8 Å². The maximum Gasteiger partial charge on any atom is 0.325 e. The number of hydrogen-bond acceptors (Lipinski definition) is 7. The van der Waals surface area contributed by atoms with Crippen molar-refractivity contribution in [1.29, 1.82) is 0 Å². The third-order valence-electron chi connectivity index (χ3n) is 4.49. The molecule has 0 bridgehead atoms. The molecule has 0 aromatic heterocycles. The van der Waals surface area contributed by atoms with Crippen LogP contribution in [0.5, 0.6) is 5.75 Å². The summed E-state index contributed by atoms with van der Waals surface area (Å²) in [5, 5.41) is 0. The van der Waals surface area contributed by atoms with Crippen LogP contribution in [0, 0.1) is 0 Å². The number of carbonyl (C=O) groups excluding carboxylic acids is 2. The quantitative estimate of drug-likeness (QED) is 0.298. The highest BCUT2D eigenvalue weighted by Crippen LogP contribution is 2.17. The molecule has 0 aliphatic carbocycles. The predicted octanol–water partition coefficient (Wildman–Crippen LogP) is 3.77. The molecule has 0 radical (unpaired) electrons. The predicted molar refractivity (Wildman–Crippen MR) is 128 cm³/mol. The molecule has 1 atom stereocenters. The molecule has 0 fully saturated rings. The van der Waals surface area contributed by atoms with E-state index in [-0.39, 0.29) is 18.1 Å². The van der Waals surface area contributed by atoms with Crippen molar-refractivity contribution in [3.8, 4) is 5.75 Å². The van der Waals surface area contributed by atoms with Crippen LogP contribution < -0.4 is 9.46 Å². The molecule has 1 N–H and O–H groups in total. The fourth-order valence-electron chi connectivity index (χ4n) is 2.91. The Hall–Kier alpha value is -2.13. The molecule has 0 spiro atoms. The van der Waals surface area contributed by atoms with E-state index in [1.165, 1.54) is 0 Å². The van der Waals surface area contributed by atoms with Crippen LogP contribution in [0.2, 0.25) is 0 Å². The molecule has 1 aromatic rings. The minimum atomic E-state index is -3.61. The Bertz CT molecular complexity index is 829. The molecule has 0 aliphatic heterocycles.